The van der Waals surface area contributed by atoms with Crippen LogP contribution in [0.5, 0.6) is 0 Å². The molecule has 0 aliphatic rings. The van der Waals surface area contributed by atoms with Gasteiger partial charge in [0.1, 0.15) is 5.01 Å². The number of benzene rings is 1. The zero-order valence-corrected chi connectivity index (χ0v) is 12.0. The van der Waals surface area contributed by atoms with Gasteiger partial charge in [0.05, 0.1) is 0 Å². The van der Waals surface area contributed by atoms with Crippen LogP contribution in [-0.2, 0) is 0 Å². The van der Waals surface area contributed by atoms with Crippen LogP contribution < -0.4 is 11.5 Å². The Labute approximate surface area is 120 Å². The Morgan fingerprint density at radius 2 is 1.75 bits per heavy atom. The monoisotopic (exact) mass is 289 g/mol. The first-order chi connectivity index (χ1) is 9.41. The molecule has 20 heavy (non-hydrogen) atoms. The predicted octanol–water partition coefficient (Wildman–Crippen LogP) is 1.80. The fourth-order valence-electron chi connectivity index (χ4n) is 2.16. The van der Waals surface area contributed by atoms with Crippen molar-refractivity contribution in [3.63, 3.8) is 0 Å². The Balaban J connectivity index is 2.64. The van der Waals surface area contributed by atoms with Gasteiger partial charge < -0.3 is 11.5 Å². The lowest BCUT2D eigenvalue weighted by molar-refractivity contribution is 0.0999. The van der Waals surface area contributed by atoms with Gasteiger partial charge in [-0.1, -0.05) is 13.0 Å². The van der Waals surface area contributed by atoms with Crippen molar-refractivity contribution in [3.05, 3.63) is 51.0 Å². The molecule has 0 saturated carbocycles. The van der Waals surface area contributed by atoms with Crippen LogP contribution in [0.4, 0.5) is 0 Å². The number of carbonyl (C=O) groups excluding carboxylic acids is 2. The average molecular weight is 289 g/mol. The van der Waals surface area contributed by atoms with Gasteiger partial charge in [-0.3, -0.25) is 9.59 Å². The van der Waals surface area contributed by atoms with E-state index in [0.717, 1.165) is 10.7 Å². The zero-order valence-electron chi connectivity index (χ0n) is 11.2. The molecule has 4 N–H and O–H groups in total. The lowest BCUT2D eigenvalue weighted by Gasteiger charge is -2.16. The number of nitrogens with zero attached hydrogens (tertiary/aromatic N) is 1. The molecule has 5 nitrogen and oxygen atoms in total. The molecule has 2 aromatic rings. The Morgan fingerprint density at radius 1 is 1.20 bits per heavy atom. The van der Waals surface area contributed by atoms with Crippen molar-refractivity contribution >= 4 is 23.2 Å². The van der Waals surface area contributed by atoms with Crippen molar-refractivity contribution in [1.82, 2.24) is 4.98 Å². The Bertz CT molecular complexity index is 647. The van der Waals surface area contributed by atoms with Gasteiger partial charge in [-0.2, -0.15) is 0 Å². The normalized spacial score (nSPS) is 12.1. The molecule has 6 heteroatoms. The van der Waals surface area contributed by atoms with E-state index >= 15 is 0 Å². The van der Waals surface area contributed by atoms with Crippen LogP contribution in [0.2, 0.25) is 0 Å². The van der Waals surface area contributed by atoms with Crippen LogP contribution in [0.25, 0.3) is 0 Å². The number of carbonyl (C=O) groups is 2. The van der Waals surface area contributed by atoms with Crippen molar-refractivity contribution in [2.45, 2.75) is 19.8 Å². The second-order valence-corrected chi connectivity index (χ2v) is 5.43. The number of aromatic nitrogens is 1. The molecule has 0 fully saturated rings. The molecule has 1 heterocycles. The number of hydrogen-bond donors (Lipinski definition) is 2. The van der Waals surface area contributed by atoms with E-state index in [0.29, 0.717) is 16.7 Å². The fourth-order valence-corrected chi connectivity index (χ4v) is 3.02. The molecule has 0 aliphatic heterocycles. The molecular formula is C14H15N3O2S. The van der Waals surface area contributed by atoms with Crippen molar-refractivity contribution in [1.29, 1.82) is 0 Å². The summed E-state index contributed by atoms with van der Waals surface area (Å²) >= 11 is 1.48. The maximum Gasteiger partial charge on any atom is 0.249 e. The number of thiazole rings is 1. The minimum Gasteiger partial charge on any atom is -0.366 e. The van der Waals surface area contributed by atoms with Crippen LogP contribution in [0.15, 0.2) is 23.6 Å². The third kappa shape index (κ3) is 2.55. The van der Waals surface area contributed by atoms with Crippen molar-refractivity contribution in [2.24, 2.45) is 11.5 Å². The molecule has 0 bridgehead atoms. The standard InChI is InChI=1S/C14H15N3O2S/c1-7-6-20-14(17-7)8(2)11-9(12(15)18)4-3-5-10(11)13(16)19/h3-6,8H,1-2H3,(H2,15,18)(H2,16,19). The summed E-state index contributed by atoms with van der Waals surface area (Å²) in [6.07, 6.45) is 0. The van der Waals surface area contributed by atoms with E-state index in [1.807, 2.05) is 19.2 Å². The molecule has 104 valence electrons. The smallest absolute Gasteiger partial charge is 0.249 e. The summed E-state index contributed by atoms with van der Waals surface area (Å²) in [4.78, 5) is 27.6. The third-order valence-corrected chi connectivity index (χ3v) is 4.22. The first kappa shape index (κ1) is 14.2. The van der Waals surface area contributed by atoms with E-state index in [4.69, 9.17) is 11.5 Å². The minimum absolute atomic E-state index is 0.222. The second kappa shape index (κ2) is 5.42. The Hall–Kier alpha value is -2.21. The molecule has 2 rings (SSSR count). The highest BCUT2D eigenvalue weighted by Crippen LogP contribution is 2.31. The lowest BCUT2D eigenvalue weighted by Crippen LogP contribution is -2.21. The molecule has 0 spiro atoms. The molecule has 2 amide bonds. The van der Waals surface area contributed by atoms with Gasteiger partial charge in [0.2, 0.25) is 11.8 Å². The molecular weight excluding hydrogens is 274 g/mol. The van der Waals surface area contributed by atoms with Crippen molar-refractivity contribution in [2.75, 3.05) is 0 Å². The van der Waals surface area contributed by atoms with E-state index in [1.54, 1.807) is 18.2 Å². The summed E-state index contributed by atoms with van der Waals surface area (Å²) in [6.45, 7) is 3.77. The van der Waals surface area contributed by atoms with Crippen molar-refractivity contribution in [3.8, 4) is 0 Å². The van der Waals surface area contributed by atoms with E-state index in [2.05, 4.69) is 4.98 Å². The van der Waals surface area contributed by atoms with Gasteiger partial charge in [0.25, 0.3) is 0 Å². The number of rotatable bonds is 4. The summed E-state index contributed by atoms with van der Waals surface area (Å²) in [5.74, 6) is -1.38. The fraction of sp³-hybridized carbons (Fsp3) is 0.214. The molecule has 1 atom stereocenters. The van der Waals surface area contributed by atoms with E-state index < -0.39 is 11.8 Å². The lowest BCUT2D eigenvalue weighted by atomic mass is 9.90. The SMILES string of the molecule is Cc1csc(C(C)c2c(C(N)=O)cccc2C(N)=O)n1. The summed E-state index contributed by atoms with van der Waals surface area (Å²) in [6, 6.07) is 4.80. The number of primary amides is 2. The first-order valence-electron chi connectivity index (χ1n) is 6.06. The van der Waals surface area contributed by atoms with Crippen LogP contribution in [0.3, 0.4) is 0 Å². The zero-order chi connectivity index (χ0) is 14.9. The molecule has 0 radical (unpaired) electrons. The highest BCUT2D eigenvalue weighted by Gasteiger charge is 2.23. The van der Waals surface area contributed by atoms with Crippen LogP contribution >= 0.6 is 11.3 Å². The Kier molecular flexibility index (Phi) is 3.85. The highest BCUT2D eigenvalue weighted by molar-refractivity contribution is 7.09. The number of nitrogens with two attached hydrogens (primary N) is 2. The van der Waals surface area contributed by atoms with Gasteiger partial charge in [-0.25, -0.2) is 4.98 Å². The van der Waals surface area contributed by atoms with E-state index in [9.17, 15) is 9.59 Å². The van der Waals surface area contributed by atoms with E-state index in [-0.39, 0.29) is 5.92 Å². The number of hydrogen-bond acceptors (Lipinski definition) is 4. The van der Waals surface area contributed by atoms with Crippen LogP contribution in [0, 0.1) is 6.92 Å². The summed E-state index contributed by atoms with van der Waals surface area (Å²) in [7, 11) is 0. The first-order valence-corrected chi connectivity index (χ1v) is 6.94. The summed E-state index contributed by atoms with van der Waals surface area (Å²) < 4.78 is 0. The van der Waals surface area contributed by atoms with E-state index in [1.165, 1.54) is 11.3 Å². The summed E-state index contributed by atoms with van der Waals surface area (Å²) in [5, 5.41) is 2.74. The molecule has 1 unspecified atom stereocenters. The van der Waals surface area contributed by atoms with Gasteiger partial charge >= 0.3 is 0 Å². The molecule has 0 saturated heterocycles. The van der Waals surface area contributed by atoms with Crippen molar-refractivity contribution < 1.29 is 9.59 Å². The maximum atomic E-state index is 11.6. The topological polar surface area (TPSA) is 99.1 Å². The highest BCUT2D eigenvalue weighted by atomic mass is 32.1. The molecule has 1 aromatic heterocycles. The predicted molar refractivity (Wildman–Crippen MR) is 77.8 cm³/mol. The van der Waals surface area contributed by atoms with Crippen LogP contribution in [-0.4, -0.2) is 16.8 Å². The quantitative estimate of drug-likeness (QED) is 0.897. The van der Waals surface area contributed by atoms with Gasteiger partial charge in [-0.05, 0) is 24.6 Å². The molecule has 1 aromatic carbocycles. The second-order valence-electron chi connectivity index (χ2n) is 4.54. The number of aryl methyl sites for hydroxylation is 1. The Morgan fingerprint density at radius 3 is 2.15 bits per heavy atom. The van der Waals surface area contributed by atoms with Gasteiger partial charge in [0.15, 0.2) is 0 Å². The summed E-state index contributed by atoms with van der Waals surface area (Å²) in [5.41, 5.74) is 12.8. The third-order valence-electron chi connectivity index (χ3n) is 3.08. The molecule has 0 aliphatic carbocycles. The van der Waals surface area contributed by atoms with Gasteiger partial charge in [0, 0.05) is 28.1 Å². The maximum absolute atomic E-state index is 11.6. The average Bonchev–Trinajstić information content (AvgIpc) is 2.83. The largest absolute Gasteiger partial charge is 0.366 e. The van der Waals surface area contributed by atoms with Crippen LogP contribution in [0.1, 0.15) is 49.8 Å². The number of amides is 2. The minimum atomic E-state index is -0.580. The van der Waals surface area contributed by atoms with Gasteiger partial charge in [-0.15, -0.1) is 11.3 Å².